The predicted molar refractivity (Wildman–Crippen MR) is 37.9 cm³/mol. The van der Waals surface area contributed by atoms with Gasteiger partial charge in [-0.15, -0.1) is 0 Å². The Labute approximate surface area is 56.7 Å². The molecule has 0 heterocycles. The fourth-order valence-electron chi connectivity index (χ4n) is 0. The monoisotopic (exact) mass is 308 g/mol. The van der Waals surface area contributed by atoms with Crippen molar-refractivity contribution in [2.45, 2.75) is 0 Å². The largest absolute Gasteiger partial charge is 0.269 e. The molecule has 0 N–H and O–H groups in total. The van der Waals surface area contributed by atoms with Gasteiger partial charge in [-0.2, -0.15) is 0 Å². The summed E-state index contributed by atoms with van der Waals surface area (Å²) in [7, 11) is 0. The van der Waals surface area contributed by atoms with E-state index < -0.39 is 0 Å². The van der Waals surface area contributed by atoms with Crippen LogP contribution in [0.4, 0.5) is 9.41 Å². The maximum Gasteiger partial charge on any atom is 0.0516 e. The van der Waals surface area contributed by atoms with E-state index in [2.05, 4.69) is 45.2 Å². The van der Waals surface area contributed by atoms with Crippen molar-refractivity contribution >= 4 is 45.2 Å². The quantitative estimate of drug-likeness (QED) is 0.475. The van der Waals surface area contributed by atoms with Crippen molar-refractivity contribution in [2.24, 2.45) is 0 Å². The second-order valence-corrected chi connectivity index (χ2v) is 4.55. The minimum Gasteiger partial charge on any atom is -0.269 e. The van der Waals surface area contributed by atoms with Crippen molar-refractivity contribution in [3.8, 4) is 0 Å². The van der Waals surface area contributed by atoms with E-state index >= 15 is 0 Å². The first kappa shape index (κ1) is 16.2. The van der Waals surface area contributed by atoms with Gasteiger partial charge in [-0.25, -0.2) is 0 Å². The first-order valence-electron chi connectivity index (χ1n) is 0.535. The Morgan fingerprint density at radius 2 is 1.00 bits per heavy atom. The van der Waals surface area contributed by atoms with Crippen LogP contribution in [0.1, 0.15) is 0 Å². The highest BCUT2D eigenvalue weighted by Crippen LogP contribution is 1.86. The van der Waals surface area contributed by atoms with Gasteiger partial charge in [-0.1, -0.05) is 45.2 Å². The first-order chi connectivity index (χ1) is 1.41. The minimum atomic E-state index is 0. The molecule has 0 bridgehead atoms. The van der Waals surface area contributed by atoms with Gasteiger partial charge in [0.15, 0.2) is 0 Å². The number of halogens is 4. The molecule has 0 radical (unpaired) electrons. The zero-order chi connectivity index (χ0) is 2.71. The van der Waals surface area contributed by atoms with E-state index in [-0.39, 0.29) is 9.41 Å². The lowest BCUT2D eigenvalue weighted by Crippen LogP contribution is -1.17. The molecule has 0 amide bonds. The van der Waals surface area contributed by atoms with Crippen LogP contribution < -0.4 is 0 Å². The molecule has 5 heavy (non-hydrogen) atoms. The molecule has 0 nitrogen and oxygen atoms in total. The molecule has 0 aromatic carbocycles. The van der Waals surface area contributed by atoms with Gasteiger partial charge in [0, 0.05) is 0 Å². The number of alkyl halides is 2. The van der Waals surface area contributed by atoms with Crippen molar-refractivity contribution < 1.29 is 9.41 Å². The molecule has 0 aliphatic rings. The van der Waals surface area contributed by atoms with Crippen LogP contribution in [0.3, 0.4) is 0 Å². The molecule has 0 unspecified atom stereocenters. The number of rotatable bonds is 0. The lowest BCUT2D eigenvalue weighted by Gasteiger charge is -1.43. The van der Waals surface area contributed by atoms with Gasteiger partial charge in [-0.3, -0.25) is 9.41 Å². The van der Waals surface area contributed by atoms with Crippen LogP contribution in [0, 0.1) is 0 Å². The average molecular weight is 308 g/mol. The van der Waals surface area contributed by atoms with Crippen LogP contribution in [0.5, 0.6) is 0 Å². The third kappa shape index (κ3) is 33.7. The highest BCUT2D eigenvalue weighted by Gasteiger charge is 1.40. The van der Waals surface area contributed by atoms with Crippen LogP contribution in [-0.4, -0.2) is 2.43 Å². The third-order valence-electron chi connectivity index (χ3n) is 0. The summed E-state index contributed by atoms with van der Waals surface area (Å²) in [6, 6.07) is 0. The number of hydrogen-bond acceptors (Lipinski definition) is 0. The fraction of sp³-hybridized carbons (Fsp3) is 1.00. The molecule has 0 aromatic heterocycles. The van der Waals surface area contributed by atoms with E-state index in [1.165, 1.54) is 2.43 Å². The summed E-state index contributed by atoms with van der Waals surface area (Å²) >= 11 is 4.55. The average Bonchev–Trinajstić information content (AvgIpc) is 0.918. The molecular formula is CH4F2I2. The summed E-state index contributed by atoms with van der Waals surface area (Å²) in [5.74, 6) is 0. The maximum atomic E-state index is 2.28. The lowest BCUT2D eigenvalue weighted by molar-refractivity contribution is 1.11. The Kier molecular flexibility index (Phi) is 59.9. The molecule has 0 saturated carbocycles. The molecule has 0 spiro atoms. The molecule has 0 aliphatic heterocycles. The molecule has 0 rings (SSSR count). The summed E-state index contributed by atoms with van der Waals surface area (Å²) in [4.78, 5) is 0. The summed E-state index contributed by atoms with van der Waals surface area (Å²) in [5, 5.41) is 0. The zero-order valence-corrected chi connectivity index (χ0v) is 6.59. The summed E-state index contributed by atoms with van der Waals surface area (Å²) < 4.78 is 1.19. The molecule has 0 atom stereocenters. The molecule has 0 aromatic rings. The van der Waals surface area contributed by atoms with Crippen molar-refractivity contribution in [1.82, 2.24) is 0 Å². The summed E-state index contributed by atoms with van der Waals surface area (Å²) in [5.41, 5.74) is 0. The highest BCUT2D eigenvalue weighted by molar-refractivity contribution is 14.2. The smallest absolute Gasteiger partial charge is 0.0516 e. The van der Waals surface area contributed by atoms with Crippen LogP contribution in [0.15, 0.2) is 0 Å². The van der Waals surface area contributed by atoms with Gasteiger partial charge >= 0.3 is 0 Å². The second kappa shape index (κ2) is 18.4. The molecule has 4 heteroatoms. The predicted octanol–water partition coefficient (Wildman–Crippen LogP) is 2.12. The zero-order valence-electron chi connectivity index (χ0n) is 2.28. The lowest BCUT2D eigenvalue weighted by atomic mass is 12.0. The Morgan fingerprint density at radius 1 is 1.00 bits per heavy atom. The third-order valence-corrected chi connectivity index (χ3v) is 0. The van der Waals surface area contributed by atoms with E-state index in [9.17, 15) is 0 Å². The topological polar surface area (TPSA) is 0 Å². The van der Waals surface area contributed by atoms with Gasteiger partial charge in [0.2, 0.25) is 0 Å². The highest BCUT2D eigenvalue weighted by atomic mass is 127. The van der Waals surface area contributed by atoms with Gasteiger partial charge in [0.25, 0.3) is 0 Å². The number of hydrogen-bond donors (Lipinski definition) is 0. The minimum absolute atomic E-state index is 0. The van der Waals surface area contributed by atoms with Gasteiger partial charge < -0.3 is 0 Å². The molecule has 0 aliphatic carbocycles. The van der Waals surface area contributed by atoms with Gasteiger partial charge in [0.05, 0.1) is 2.43 Å². The van der Waals surface area contributed by atoms with Crippen molar-refractivity contribution in [3.05, 3.63) is 0 Å². The Balaban J connectivity index is -0.0000000200. The Morgan fingerprint density at radius 3 is 1.00 bits per heavy atom. The van der Waals surface area contributed by atoms with E-state index in [0.29, 0.717) is 0 Å². The van der Waals surface area contributed by atoms with E-state index in [1.54, 1.807) is 0 Å². The van der Waals surface area contributed by atoms with Crippen LogP contribution in [0.25, 0.3) is 0 Å². The summed E-state index contributed by atoms with van der Waals surface area (Å²) in [6.45, 7) is 0. The second-order valence-electron chi connectivity index (χ2n) is 0.101. The van der Waals surface area contributed by atoms with Gasteiger partial charge in [0.1, 0.15) is 0 Å². The van der Waals surface area contributed by atoms with E-state index in [0.717, 1.165) is 0 Å². The molecule has 36 valence electrons. The molecular weight excluding hydrogens is 304 g/mol. The van der Waals surface area contributed by atoms with Crippen LogP contribution in [0.2, 0.25) is 0 Å². The Hall–Kier alpha value is 1.32. The van der Waals surface area contributed by atoms with Crippen molar-refractivity contribution in [1.29, 1.82) is 0 Å². The standard InChI is InChI=1S/CH2I2.2FH/c2-1-3;;/h1H2;2*1H. The fourth-order valence-corrected chi connectivity index (χ4v) is 0. The SMILES string of the molecule is F.F.ICI. The van der Waals surface area contributed by atoms with E-state index in [4.69, 9.17) is 0 Å². The Bertz CT molecular complexity index is 7.61. The van der Waals surface area contributed by atoms with Crippen LogP contribution in [-0.2, 0) is 0 Å². The normalized spacial score (nSPS) is 3.60. The van der Waals surface area contributed by atoms with Gasteiger partial charge in [-0.05, 0) is 0 Å². The van der Waals surface area contributed by atoms with Crippen molar-refractivity contribution in [3.63, 3.8) is 0 Å². The maximum absolute atomic E-state index is 2.28. The molecule has 0 fully saturated rings. The van der Waals surface area contributed by atoms with E-state index in [1.807, 2.05) is 0 Å². The van der Waals surface area contributed by atoms with Crippen molar-refractivity contribution in [2.75, 3.05) is 2.43 Å². The molecule has 0 saturated heterocycles. The first-order valence-corrected chi connectivity index (χ1v) is 3.59. The van der Waals surface area contributed by atoms with Crippen LogP contribution >= 0.6 is 45.2 Å². The summed E-state index contributed by atoms with van der Waals surface area (Å²) in [6.07, 6.45) is 0.